The second-order valence-corrected chi connectivity index (χ2v) is 9.61. The van der Waals surface area contributed by atoms with Gasteiger partial charge in [-0.3, -0.25) is 4.79 Å². The van der Waals surface area contributed by atoms with E-state index in [1.165, 1.54) is 0 Å². The van der Waals surface area contributed by atoms with Crippen LogP contribution in [0, 0.1) is 5.92 Å². The molecular weight excluding hydrogens is 463 g/mol. The van der Waals surface area contributed by atoms with Crippen LogP contribution in [0.5, 0.6) is 5.75 Å². The van der Waals surface area contributed by atoms with Crippen LogP contribution < -0.4 is 10.1 Å². The zero-order chi connectivity index (χ0) is 24.1. The average Bonchev–Trinajstić information content (AvgIpc) is 3.28. The molecule has 2 aromatic carbocycles. The maximum absolute atomic E-state index is 13.6. The molecule has 1 heterocycles. The van der Waals surface area contributed by atoms with Crippen LogP contribution in [0.3, 0.4) is 0 Å². The molecule has 0 amide bonds. The molecule has 1 unspecified atom stereocenters. The summed E-state index contributed by atoms with van der Waals surface area (Å²) in [6.07, 6.45) is -0.906. The number of hydrogen-bond acceptors (Lipinski definition) is 4. The van der Waals surface area contributed by atoms with Crippen molar-refractivity contribution in [3.8, 4) is 16.9 Å². The minimum atomic E-state index is -4.43. The number of aliphatic carboxylic acids is 1. The Balaban J connectivity index is 1.37. The predicted octanol–water partition coefficient (Wildman–Crippen LogP) is 6.75. The molecule has 0 saturated heterocycles. The summed E-state index contributed by atoms with van der Waals surface area (Å²) < 4.78 is 46.4. The molecule has 2 N–H and O–H groups in total. The van der Waals surface area contributed by atoms with E-state index < -0.39 is 17.0 Å². The first-order valence-corrected chi connectivity index (χ1v) is 12.1. The van der Waals surface area contributed by atoms with Crippen LogP contribution in [0.4, 0.5) is 13.2 Å². The third-order valence-corrected chi connectivity index (χ3v) is 7.23. The molecular formula is C26H26F3NO3S. The summed E-state index contributed by atoms with van der Waals surface area (Å²) in [6.45, 7) is 0.593. The van der Waals surface area contributed by atoms with Gasteiger partial charge in [0.2, 0.25) is 0 Å². The lowest BCUT2D eigenvalue weighted by Gasteiger charge is -2.29. The summed E-state index contributed by atoms with van der Waals surface area (Å²) in [5.41, 5.74) is 1.68. The van der Waals surface area contributed by atoms with Crippen LogP contribution in [0.1, 0.15) is 41.0 Å². The average molecular weight is 490 g/mol. The third kappa shape index (κ3) is 5.98. The smallest absolute Gasteiger partial charge is 0.426 e. The topological polar surface area (TPSA) is 58.6 Å². The number of carbonyl (C=O) groups is 1. The number of nitrogens with one attached hydrogen (secondary N) is 1. The van der Waals surface area contributed by atoms with E-state index in [0.29, 0.717) is 40.5 Å². The highest BCUT2D eigenvalue weighted by molar-refractivity contribution is 7.12. The highest BCUT2D eigenvalue weighted by Crippen LogP contribution is 2.43. The highest BCUT2D eigenvalue weighted by Gasteiger charge is 2.36. The van der Waals surface area contributed by atoms with Gasteiger partial charge >= 0.3 is 12.1 Å². The molecule has 4 rings (SSSR count). The van der Waals surface area contributed by atoms with E-state index >= 15 is 0 Å². The molecule has 180 valence electrons. The molecule has 1 aromatic heterocycles. The van der Waals surface area contributed by atoms with Crippen molar-refractivity contribution in [2.45, 2.75) is 51.1 Å². The minimum Gasteiger partial charge on any atom is -0.488 e. The quantitative estimate of drug-likeness (QED) is 0.368. The summed E-state index contributed by atoms with van der Waals surface area (Å²) in [4.78, 5) is 11.3. The van der Waals surface area contributed by atoms with Gasteiger partial charge in [-0.1, -0.05) is 55.3 Å². The van der Waals surface area contributed by atoms with E-state index in [2.05, 4.69) is 5.32 Å². The number of halogens is 3. The van der Waals surface area contributed by atoms with Gasteiger partial charge in [0.25, 0.3) is 0 Å². The molecule has 3 aromatic rings. The van der Waals surface area contributed by atoms with E-state index in [1.807, 2.05) is 12.1 Å². The fraction of sp³-hybridized carbons (Fsp3) is 0.346. The highest BCUT2D eigenvalue weighted by atomic mass is 32.1. The van der Waals surface area contributed by atoms with Gasteiger partial charge in [0, 0.05) is 23.0 Å². The first-order chi connectivity index (χ1) is 16.3. The number of carboxylic acids is 1. The molecule has 8 heteroatoms. The third-order valence-electron chi connectivity index (χ3n) is 6.08. The Hall–Kier alpha value is -2.84. The Kier molecular flexibility index (Phi) is 7.58. The number of thiophene rings is 1. The van der Waals surface area contributed by atoms with Crippen LogP contribution in [0.15, 0.2) is 60.7 Å². The van der Waals surface area contributed by atoms with Crippen LogP contribution in [0.2, 0.25) is 0 Å². The van der Waals surface area contributed by atoms with Gasteiger partial charge in [0.05, 0.1) is 5.92 Å². The van der Waals surface area contributed by atoms with Crippen molar-refractivity contribution in [2.24, 2.45) is 5.92 Å². The van der Waals surface area contributed by atoms with Gasteiger partial charge in [-0.05, 0) is 42.2 Å². The summed E-state index contributed by atoms with van der Waals surface area (Å²) in [7, 11) is 0. The molecule has 1 saturated carbocycles. The molecule has 4 nitrogen and oxygen atoms in total. The second kappa shape index (κ2) is 10.6. The molecule has 2 atom stereocenters. The van der Waals surface area contributed by atoms with E-state index in [0.717, 1.165) is 24.8 Å². The zero-order valence-corrected chi connectivity index (χ0v) is 19.3. The number of carboxylic acid groups (broad SMARTS) is 1. The second-order valence-electron chi connectivity index (χ2n) is 8.47. The van der Waals surface area contributed by atoms with Gasteiger partial charge in [0.15, 0.2) is 0 Å². The Morgan fingerprint density at radius 3 is 2.44 bits per heavy atom. The summed E-state index contributed by atoms with van der Waals surface area (Å²) in [5.74, 6) is -0.545. The molecule has 34 heavy (non-hydrogen) atoms. The molecule has 0 bridgehead atoms. The monoisotopic (exact) mass is 489 g/mol. The largest absolute Gasteiger partial charge is 0.488 e. The summed E-state index contributed by atoms with van der Waals surface area (Å²) in [6, 6.07) is 17.4. The maximum Gasteiger partial charge on any atom is 0.426 e. The number of alkyl halides is 3. The Labute approximate surface area is 200 Å². The number of hydrogen-bond donors (Lipinski definition) is 2. The van der Waals surface area contributed by atoms with E-state index in [4.69, 9.17) is 4.74 Å². The van der Waals surface area contributed by atoms with Crippen molar-refractivity contribution in [1.29, 1.82) is 0 Å². The van der Waals surface area contributed by atoms with Crippen LogP contribution in [-0.4, -0.2) is 17.1 Å². The SMILES string of the molecule is O=C(O)[C@@H]1CCCCC1NCc1ccc(OCc2cc(-c3ccccc3)c(C(F)(F)F)s2)cc1. The predicted molar refractivity (Wildman–Crippen MR) is 126 cm³/mol. The molecule has 0 spiro atoms. The lowest BCUT2D eigenvalue weighted by molar-refractivity contribution is -0.143. The molecule has 1 aliphatic rings. The van der Waals surface area contributed by atoms with Crippen molar-refractivity contribution < 1.29 is 27.8 Å². The van der Waals surface area contributed by atoms with Crippen LogP contribution in [-0.2, 0) is 24.1 Å². The van der Waals surface area contributed by atoms with E-state index in [9.17, 15) is 23.1 Å². The van der Waals surface area contributed by atoms with E-state index in [1.54, 1.807) is 48.5 Å². The summed E-state index contributed by atoms with van der Waals surface area (Å²) >= 11 is 0.702. The van der Waals surface area contributed by atoms with Crippen molar-refractivity contribution >= 4 is 17.3 Å². The normalized spacial score (nSPS) is 18.6. The lowest BCUT2D eigenvalue weighted by atomic mass is 9.84. The summed E-state index contributed by atoms with van der Waals surface area (Å²) in [5, 5.41) is 12.8. The molecule has 0 aliphatic heterocycles. The van der Waals surface area contributed by atoms with Gasteiger partial charge in [-0.25, -0.2) is 0 Å². The Morgan fingerprint density at radius 1 is 1.06 bits per heavy atom. The maximum atomic E-state index is 13.6. The fourth-order valence-corrected chi connectivity index (χ4v) is 5.29. The molecule has 0 radical (unpaired) electrons. The standard InChI is InChI=1S/C26H26F3NO3S/c27-26(28,29)24-22(18-6-2-1-3-7-18)14-20(34-24)16-33-19-12-10-17(11-13-19)15-30-23-9-5-4-8-21(23)25(31)32/h1-3,6-7,10-14,21,23,30H,4-5,8-9,15-16H2,(H,31,32)/t21-,23?/m1/s1. The lowest BCUT2D eigenvalue weighted by Crippen LogP contribution is -2.41. The molecule has 1 aliphatic carbocycles. The molecule has 1 fully saturated rings. The Bertz CT molecular complexity index is 1100. The zero-order valence-electron chi connectivity index (χ0n) is 18.5. The van der Waals surface area contributed by atoms with Crippen molar-refractivity contribution in [2.75, 3.05) is 0 Å². The van der Waals surface area contributed by atoms with Gasteiger partial charge in [-0.15, -0.1) is 11.3 Å². The van der Waals surface area contributed by atoms with Crippen molar-refractivity contribution in [1.82, 2.24) is 5.32 Å². The van der Waals surface area contributed by atoms with Gasteiger partial charge in [-0.2, -0.15) is 13.2 Å². The number of ether oxygens (including phenoxy) is 1. The van der Waals surface area contributed by atoms with Crippen LogP contribution >= 0.6 is 11.3 Å². The van der Waals surface area contributed by atoms with Crippen molar-refractivity contribution in [3.63, 3.8) is 0 Å². The number of benzene rings is 2. The first kappa shape index (κ1) is 24.3. The van der Waals surface area contributed by atoms with Crippen molar-refractivity contribution in [3.05, 3.63) is 76.0 Å². The van der Waals surface area contributed by atoms with Crippen LogP contribution in [0.25, 0.3) is 11.1 Å². The minimum absolute atomic E-state index is 0.0392. The fourth-order valence-electron chi connectivity index (χ4n) is 4.33. The van der Waals surface area contributed by atoms with Gasteiger partial charge in [0.1, 0.15) is 17.2 Å². The van der Waals surface area contributed by atoms with E-state index in [-0.39, 0.29) is 24.1 Å². The van der Waals surface area contributed by atoms with Gasteiger partial charge < -0.3 is 15.2 Å². The Morgan fingerprint density at radius 2 is 1.76 bits per heavy atom. The first-order valence-electron chi connectivity index (χ1n) is 11.2. The number of rotatable bonds is 8.